The smallest absolute Gasteiger partial charge is 0.337 e. The monoisotopic (exact) mass is 415 g/mol. The van der Waals surface area contributed by atoms with Crippen molar-refractivity contribution in [3.05, 3.63) is 63.6 Å². The fraction of sp³-hybridized carbons (Fsp3) is 0.105. The van der Waals surface area contributed by atoms with Crippen molar-refractivity contribution >= 4 is 45.4 Å². The summed E-state index contributed by atoms with van der Waals surface area (Å²) in [5.41, 5.74) is 2.14. The standard InChI is InChI=1S/C19H14BrNO5/c1-25-19(24)12-5-2-11(3-6-12)4-7-16(22)13-8-17-15(9-14(13)20)21-18(23)10-26-17/h2-9H,10H2,1H3,(H,21,23)/b7-4+. The minimum atomic E-state index is -0.415. The van der Waals surface area contributed by atoms with Gasteiger partial charge in [-0.3, -0.25) is 9.59 Å². The molecule has 0 saturated heterocycles. The molecule has 1 aliphatic rings. The van der Waals surface area contributed by atoms with Crippen molar-refractivity contribution < 1.29 is 23.9 Å². The number of nitrogens with one attached hydrogen (secondary N) is 1. The van der Waals surface area contributed by atoms with Crippen molar-refractivity contribution in [2.75, 3.05) is 19.0 Å². The van der Waals surface area contributed by atoms with Gasteiger partial charge >= 0.3 is 5.97 Å². The molecule has 132 valence electrons. The molecule has 6 nitrogen and oxygen atoms in total. The largest absolute Gasteiger partial charge is 0.482 e. The van der Waals surface area contributed by atoms with Gasteiger partial charge in [-0.25, -0.2) is 4.79 Å². The second-order valence-corrected chi connectivity index (χ2v) is 6.33. The molecule has 26 heavy (non-hydrogen) atoms. The first-order valence-electron chi connectivity index (χ1n) is 7.65. The van der Waals surface area contributed by atoms with E-state index in [1.54, 1.807) is 42.5 Å². The van der Waals surface area contributed by atoms with Crippen LogP contribution in [-0.2, 0) is 9.53 Å². The Hall–Kier alpha value is -2.93. The Morgan fingerprint density at radius 2 is 1.96 bits per heavy atom. The summed E-state index contributed by atoms with van der Waals surface area (Å²) in [5.74, 6) is -0.426. The number of hydrogen-bond acceptors (Lipinski definition) is 5. The molecule has 7 heteroatoms. The number of hydrogen-bond donors (Lipinski definition) is 1. The molecule has 1 aliphatic heterocycles. The summed E-state index contributed by atoms with van der Waals surface area (Å²) < 4.78 is 10.5. The van der Waals surface area contributed by atoms with E-state index in [-0.39, 0.29) is 18.3 Å². The third-order valence-electron chi connectivity index (χ3n) is 3.73. The lowest BCUT2D eigenvalue weighted by Gasteiger charge is -2.19. The van der Waals surface area contributed by atoms with Crippen LogP contribution < -0.4 is 10.1 Å². The van der Waals surface area contributed by atoms with Gasteiger partial charge < -0.3 is 14.8 Å². The number of ketones is 1. The highest BCUT2D eigenvalue weighted by Gasteiger charge is 2.19. The first-order chi connectivity index (χ1) is 12.5. The van der Waals surface area contributed by atoms with Crippen molar-refractivity contribution in [3.8, 4) is 5.75 Å². The van der Waals surface area contributed by atoms with Gasteiger partial charge in [0.05, 0.1) is 18.4 Å². The Bertz CT molecular complexity index is 918. The van der Waals surface area contributed by atoms with Crippen LogP contribution in [0, 0.1) is 0 Å². The average Bonchev–Trinajstić information content (AvgIpc) is 2.65. The predicted octanol–water partition coefficient (Wildman–Crippen LogP) is 3.46. The molecule has 2 aromatic carbocycles. The van der Waals surface area contributed by atoms with E-state index in [1.807, 2.05) is 0 Å². The van der Waals surface area contributed by atoms with Gasteiger partial charge in [0, 0.05) is 10.0 Å². The van der Waals surface area contributed by atoms with Crippen LogP contribution in [-0.4, -0.2) is 31.4 Å². The highest BCUT2D eigenvalue weighted by molar-refractivity contribution is 9.10. The van der Waals surface area contributed by atoms with E-state index in [0.29, 0.717) is 27.0 Å². The van der Waals surface area contributed by atoms with E-state index in [1.165, 1.54) is 13.2 Å². The number of esters is 1. The van der Waals surface area contributed by atoms with Crippen LogP contribution in [0.15, 0.2) is 46.9 Å². The Labute approximate surface area is 157 Å². The van der Waals surface area contributed by atoms with Crippen molar-refractivity contribution in [1.29, 1.82) is 0 Å². The van der Waals surface area contributed by atoms with Crippen LogP contribution in [0.1, 0.15) is 26.3 Å². The maximum absolute atomic E-state index is 12.5. The Morgan fingerprint density at radius 1 is 1.23 bits per heavy atom. The summed E-state index contributed by atoms with van der Waals surface area (Å²) >= 11 is 3.34. The summed E-state index contributed by atoms with van der Waals surface area (Å²) in [6.07, 6.45) is 3.08. The summed E-state index contributed by atoms with van der Waals surface area (Å²) in [5, 5.41) is 2.68. The van der Waals surface area contributed by atoms with Gasteiger partial charge in [-0.1, -0.05) is 18.2 Å². The Kier molecular flexibility index (Phi) is 5.18. The SMILES string of the molecule is COC(=O)c1ccc(/C=C/C(=O)c2cc3c(cc2Br)NC(=O)CO3)cc1. The summed E-state index contributed by atoms with van der Waals surface area (Å²) in [7, 11) is 1.32. The quantitative estimate of drug-likeness (QED) is 0.469. The van der Waals surface area contributed by atoms with E-state index in [0.717, 1.165) is 5.56 Å². The van der Waals surface area contributed by atoms with E-state index >= 15 is 0 Å². The molecule has 1 heterocycles. The lowest BCUT2D eigenvalue weighted by Crippen LogP contribution is -2.25. The molecule has 0 aromatic heterocycles. The number of carbonyl (C=O) groups excluding carboxylic acids is 3. The Balaban J connectivity index is 1.78. The van der Waals surface area contributed by atoms with Crippen LogP contribution in [0.3, 0.4) is 0 Å². The van der Waals surface area contributed by atoms with Gasteiger partial charge in [0.2, 0.25) is 0 Å². The summed E-state index contributed by atoms with van der Waals surface area (Å²) in [4.78, 5) is 35.2. The van der Waals surface area contributed by atoms with E-state index in [4.69, 9.17) is 4.74 Å². The number of ether oxygens (including phenoxy) is 2. The lowest BCUT2D eigenvalue weighted by atomic mass is 10.1. The van der Waals surface area contributed by atoms with E-state index < -0.39 is 5.97 Å². The van der Waals surface area contributed by atoms with E-state index in [2.05, 4.69) is 26.0 Å². The molecule has 0 aliphatic carbocycles. The molecule has 0 unspecified atom stereocenters. The highest BCUT2D eigenvalue weighted by Crippen LogP contribution is 2.34. The molecule has 0 fully saturated rings. The lowest BCUT2D eigenvalue weighted by molar-refractivity contribution is -0.118. The van der Waals surface area contributed by atoms with Crippen LogP contribution >= 0.6 is 15.9 Å². The average molecular weight is 416 g/mol. The number of fused-ring (bicyclic) bond motifs is 1. The molecule has 1 N–H and O–H groups in total. The number of rotatable bonds is 4. The molecule has 0 atom stereocenters. The van der Waals surface area contributed by atoms with Crippen LogP contribution in [0.2, 0.25) is 0 Å². The fourth-order valence-corrected chi connectivity index (χ4v) is 2.94. The van der Waals surface area contributed by atoms with Crippen LogP contribution in [0.5, 0.6) is 5.75 Å². The Morgan fingerprint density at radius 3 is 2.65 bits per heavy atom. The van der Waals surface area contributed by atoms with Crippen LogP contribution in [0.4, 0.5) is 5.69 Å². The molecular formula is C19H14BrNO5. The molecule has 0 bridgehead atoms. The summed E-state index contributed by atoms with van der Waals surface area (Å²) in [6.45, 7) is -0.0787. The van der Waals surface area contributed by atoms with Crippen molar-refractivity contribution in [2.24, 2.45) is 0 Å². The van der Waals surface area contributed by atoms with Gasteiger partial charge in [0.15, 0.2) is 12.4 Å². The molecule has 2 aromatic rings. The minimum absolute atomic E-state index is 0.0787. The molecule has 1 amide bonds. The topological polar surface area (TPSA) is 81.7 Å². The number of methoxy groups -OCH3 is 1. The maximum Gasteiger partial charge on any atom is 0.337 e. The normalized spacial score (nSPS) is 12.9. The highest BCUT2D eigenvalue weighted by atomic mass is 79.9. The van der Waals surface area contributed by atoms with Gasteiger partial charge in [-0.15, -0.1) is 0 Å². The molecular weight excluding hydrogens is 402 g/mol. The number of carbonyl (C=O) groups is 3. The number of halogens is 1. The second kappa shape index (κ2) is 7.53. The number of allylic oxidation sites excluding steroid dienone is 1. The zero-order chi connectivity index (χ0) is 18.7. The molecule has 0 saturated carbocycles. The number of benzene rings is 2. The first kappa shape index (κ1) is 17.9. The van der Waals surface area contributed by atoms with Gasteiger partial charge in [-0.2, -0.15) is 0 Å². The summed E-state index contributed by atoms with van der Waals surface area (Å²) in [6, 6.07) is 9.92. The number of amides is 1. The van der Waals surface area contributed by atoms with Crippen molar-refractivity contribution in [3.63, 3.8) is 0 Å². The minimum Gasteiger partial charge on any atom is -0.482 e. The second-order valence-electron chi connectivity index (χ2n) is 5.48. The first-order valence-corrected chi connectivity index (χ1v) is 8.44. The van der Waals surface area contributed by atoms with Gasteiger partial charge in [-0.05, 0) is 51.8 Å². The maximum atomic E-state index is 12.5. The van der Waals surface area contributed by atoms with E-state index in [9.17, 15) is 14.4 Å². The number of anilines is 1. The van der Waals surface area contributed by atoms with Crippen LogP contribution in [0.25, 0.3) is 6.08 Å². The zero-order valence-electron chi connectivity index (χ0n) is 13.7. The zero-order valence-corrected chi connectivity index (χ0v) is 15.3. The molecule has 0 radical (unpaired) electrons. The fourth-order valence-electron chi connectivity index (χ4n) is 2.40. The van der Waals surface area contributed by atoms with Gasteiger partial charge in [0.25, 0.3) is 5.91 Å². The molecule has 0 spiro atoms. The van der Waals surface area contributed by atoms with Crippen molar-refractivity contribution in [1.82, 2.24) is 0 Å². The van der Waals surface area contributed by atoms with Crippen molar-refractivity contribution in [2.45, 2.75) is 0 Å². The third kappa shape index (κ3) is 3.83. The third-order valence-corrected chi connectivity index (χ3v) is 4.38. The predicted molar refractivity (Wildman–Crippen MR) is 99.4 cm³/mol. The molecule has 3 rings (SSSR count). The van der Waals surface area contributed by atoms with Gasteiger partial charge in [0.1, 0.15) is 5.75 Å².